The molecule has 16 heavy (non-hydrogen) atoms. The smallest absolute Gasteiger partial charge is 0.337 e. The zero-order valence-corrected chi connectivity index (χ0v) is 8.75. The van der Waals surface area contributed by atoms with Gasteiger partial charge < -0.3 is 4.74 Å². The first-order chi connectivity index (χ1) is 7.81. The first-order valence-corrected chi connectivity index (χ1v) is 4.76. The van der Waals surface area contributed by atoms with Crippen molar-refractivity contribution in [2.45, 2.75) is 0 Å². The van der Waals surface area contributed by atoms with E-state index in [1.165, 1.54) is 13.4 Å². The summed E-state index contributed by atoms with van der Waals surface area (Å²) in [4.78, 5) is 19.2. The van der Waals surface area contributed by atoms with Gasteiger partial charge in [0.15, 0.2) is 0 Å². The minimum absolute atomic E-state index is 0.339. The Morgan fingerprint density at radius 3 is 2.50 bits per heavy atom. The molecule has 0 atom stereocenters. The van der Waals surface area contributed by atoms with Crippen LogP contribution in [-0.4, -0.2) is 23.0 Å². The highest BCUT2D eigenvalue weighted by Gasteiger charge is 2.05. The van der Waals surface area contributed by atoms with Crippen LogP contribution < -0.4 is 0 Å². The summed E-state index contributed by atoms with van der Waals surface area (Å²) in [6, 6.07) is 8.89. The van der Waals surface area contributed by atoms with E-state index in [-0.39, 0.29) is 5.97 Å². The summed E-state index contributed by atoms with van der Waals surface area (Å²) in [5.41, 5.74) is 2.29. The van der Waals surface area contributed by atoms with E-state index in [1.54, 1.807) is 18.3 Å². The van der Waals surface area contributed by atoms with Gasteiger partial charge in [0.2, 0.25) is 0 Å². The van der Waals surface area contributed by atoms with Gasteiger partial charge in [-0.15, -0.1) is 0 Å². The zero-order chi connectivity index (χ0) is 11.4. The average Bonchev–Trinajstić information content (AvgIpc) is 2.39. The molecule has 1 aromatic heterocycles. The molecule has 1 heterocycles. The topological polar surface area (TPSA) is 52.1 Å². The van der Waals surface area contributed by atoms with Crippen LogP contribution in [0.1, 0.15) is 10.4 Å². The number of carbonyl (C=O) groups excluding carboxylic acids is 1. The summed E-state index contributed by atoms with van der Waals surface area (Å²) < 4.78 is 4.62. The number of benzene rings is 1. The highest BCUT2D eigenvalue weighted by Crippen LogP contribution is 2.16. The molecule has 4 heteroatoms. The molecule has 0 amide bonds. The average molecular weight is 214 g/mol. The van der Waals surface area contributed by atoms with Gasteiger partial charge in [-0.05, 0) is 18.2 Å². The summed E-state index contributed by atoms with van der Waals surface area (Å²) in [6.07, 6.45) is 3.17. The normalized spacial score (nSPS) is 9.81. The number of methoxy groups -OCH3 is 1. The van der Waals surface area contributed by atoms with Crippen LogP contribution in [0.4, 0.5) is 0 Å². The summed E-state index contributed by atoms with van der Waals surface area (Å²) in [5.74, 6) is -0.339. The third kappa shape index (κ3) is 2.06. The molecule has 4 nitrogen and oxygen atoms in total. The zero-order valence-electron chi connectivity index (χ0n) is 8.75. The van der Waals surface area contributed by atoms with Crippen LogP contribution in [0.2, 0.25) is 0 Å². The third-order valence-corrected chi connectivity index (χ3v) is 2.18. The molecule has 0 aliphatic heterocycles. The van der Waals surface area contributed by atoms with Gasteiger partial charge in [0, 0.05) is 11.8 Å². The van der Waals surface area contributed by atoms with Crippen LogP contribution in [0.3, 0.4) is 0 Å². The maximum absolute atomic E-state index is 11.2. The van der Waals surface area contributed by atoms with Crippen molar-refractivity contribution in [2.24, 2.45) is 0 Å². The fourth-order valence-electron chi connectivity index (χ4n) is 1.36. The van der Waals surface area contributed by atoms with E-state index in [2.05, 4.69) is 14.7 Å². The minimum Gasteiger partial charge on any atom is -0.465 e. The quantitative estimate of drug-likeness (QED) is 0.717. The van der Waals surface area contributed by atoms with Crippen LogP contribution in [0.25, 0.3) is 11.3 Å². The summed E-state index contributed by atoms with van der Waals surface area (Å²) in [6.45, 7) is 0. The Hall–Kier alpha value is -2.23. The van der Waals surface area contributed by atoms with Crippen LogP contribution >= 0.6 is 0 Å². The second-order valence-corrected chi connectivity index (χ2v) is 3.16. The number of hydrogen-bond donors (Lipinski definition) is 0. The van der Waals surface area contributed by atoms with Crippen LogP contribution in [-0.2, 0) is 4.74 Å². The van der Waals surface area contributed by atoms with Gasteiger partial charge in [0.25, 0.3) is 0 Å². The molecule has 0 spiro atoms. The standard InChI is InChI=1S/C12H10N2O2/c1-16-12(15)10-4-2-9(3-5-10)11-6-7-13-8-14-11/h2-8H,1H3. The maximum Gasteiger partial charge on any atom is 0.337 e. The molecule has 0 N–H and O–H groups in total. The largest absolute Gasteiger partial charge is 0.465 e. The van der Waals surface area contributed by atoms with Gasteiger partial charge in [0.05, 0.1) is 18.4 Å². The van der Waals surface area contributed by atoms with Crippen LogP contribution in [0, 0.1) is 0 Å². The highest BCUT2D eigenvalue weighted by molar-refractivity contribution is 5.89. The molecule has 0 bridgehead atoms. The molecule has 80 valence electrons. The van der Waals surface area contributed by atoms with E-state index in [9.17, 15) is 4.79 Å². The van der Waals surface area contributed by atoms with Crippen molar-refractivity contribution >= 4 is 5.97 Å². The Kier molecular flexibility index (Phi) is 2.91. The number of nitrogens with zero attached hydrogens (tertiary/aromatic N) is 2. The number of ether oxygens (including phenoxy) is 1. The Balaban J connectivity index is 2.30. The fraction of sp³-hybridized carbons (Fsp3) is 0.0833. The SMILES string of the molecule is COC(=O)c1ccc(-c2ccncn2)cc1. The molecular weight excluding hydrogens is 204 g/mol. The van der Waals surface area contributed by atoms with Crippen molar-refractivity contribution < 1.29 is 9.53 Å². The van der Waals surface area contributed by atoms with E-state index in [0.29, 0.717) is 5.56 Å². The van der Waals surface area contributed by atoms with E-state index in [4.69, 9.17) is 0 Å². The Labute approximate surface area is 92.9 Å². The van der Waals surface area contributed by atoms with Crippen molar-refractivity contribution in [3.8, 4) is 11.3 Å². The summed E-state index contributed by atoms with van der Waals surface area (Å²) >= 11 is 0. The molecule has 0 saturated heterocycles. The molecule has 0 aliphatic rings. The van der Waals surface area contributed by atoms with E-state index in [0.717, 1.165) is 11.3 Å². The lowest BCUT2D eigenvalue weighted by Gasteiger charge is -2.01. The molecule has 2 rings (SSSR count). The lowest BCUT2D eigenvalue weighted by atomic mass is 10.1. The predicted octanol–water partition coefficient (Wildman–Crippen LogP) is 1.93. The number of aromatic nitrogens is 2. The second kappa shape index (κ2) is 4.53. The molecule has 2 aromatic rings. The molecule has 0 radical (unpaired) electrons. The van der Waals surface area contributed by atoms with Gasteiger partial charge in [0.1, 0.15) is 6.33 Å². The first-order valence-electron chi connectivity index (χ1n) is 4.76. The molecule has 0 saturated carbocycles. The van der Waals surface area contributed by atoms with E-state index >= 15 is 0 Å². The number of esters is 1. The molecule has 0 unspecified atom stereocenters. The van der Waals surface area contributed by atoms with Crippen molar-refractivity contribution in [3.63, 3.8) is 0 Å². The minimum atomic E-state index is -0.339. The second-order valence-electron chi connectivity index (χ2n) is 3.16. The van der Waals surface area contributed by atoms with Gasteiger partial charge in [-0.25, -0.2) is 14.8 Å². The Morgan fingerprint density at radius 2 is 1.94 bits per heavy atom. The van der Waals surface area contributed by atoms with Crippen molar-refractivity contribution in [2.75, 3.05) is 7.11 Å². The highest BCUT2D eigenvalue weighted by atomic mass is 16.5. The number of rotatable bonds is 2. The van der Waals surface area contributed by atoms with Crippen molar-refractivity contribution in [1.82, 2.24) is 9.97 Å². The first kappa shape index (κ1) is 10.3. The molecule has 0 fully saturated rings. The van der Waals surface area contributed by atoms with Gasteiger partial charge in [-0.3, -0.25) is 0 Å². The van der Waals surface area contributed by atoms with E-state index < -0.39 is 0 Å². The molecule has 1 aromatic carbocycles. The van der Waals surface area contributed by atoms with Crippen molar-refractivity contribution in [1.29, 1.82) is 0 Å². The number of hydrogen-bond acceptors (Lipinski definition) is 4. The van der Waals surface area contributed by atoms with Gasteiger partial charge >= 0.3 is 5.97 Å². The monoisotopic (exact) mass is 214 g/mol. The fourth-order valence-corrected chi connectivity index (χ4v) is 1.36. The third-order valence-electron chi connectivity index (χ3n) is 2.18. The van der Waals surface area contributed by atoms with Gasteiger partial charge in [-0.2, -0.15) is 0 Å². The van der Waals surface area contributed by atoms with Crippen molar-refractivity contribution in [3.05, 3.63) is 48.4 Å². The molecule has 0 aliphatic carbocycles. The summed E-state index contributed by atoms with van der Waals surface area (Å²) in [5, 5.41) is 0. The molecular formula is C12H10N2O2. The lowest BCUT2D eigenvalue weighted by molar-refractivity contribution is 0.0601. The Morgan fingerprint density at radius 1 is 1.19 bits per heavy atom. The maximum atomic E-state index is 11.2. The van der Waals surface area contributed by atoms with Crippen LogP contribution in [0.15, 0.2) is 42.9 Å². The van der Waals surface area contributed by atoms with E-state index in [1.807, 2.05) is 18.2 Å². The Bertz CT molecular complexity index is 480. The number of carbonyl (C=O) groups is 1. The summed E-state index contributed by atoms with van der Waals surface area (Å²) in [7, 11) is 1.36. The van der Waals surface area contributed by atoms with Crippen LogP contribution in [0.5, 0.6) is 0 Å². The lowest BCUT2D eigenvalue weighted by Crippen LogP contribution is -2.00. The predicted molar refractivity (Wildman–Crippen MR) is 58.8 cm³/mol. The van der Waals surface area contributed by atoms with Gasteiger partial charge in [-0.1, -0.05) is 12.1 Å².